The van der Waals surface area contributed by atoms with E-state index in [1.165, 1.54) is 12.1 Å². The van der Waals surface area contributed by atoms with Crippen molar-refractivity contribution in [1.82, 2.24) is 14.9 Å². The van der Waals surface area contributed by atoms with Gasteiger partial charge in [0.25, 0.3) is 0 Å². The number of benzene rings is 2. The van der Waals surface area contributed by atoms with E-state index in [1.54, 1.807) is 30.3 Å². The largest absolute Gasteiger partial charge is 0.481 e. The lowest BCUT2D eigenvalue weighted by molar-refractivity contribution is -0.138. The first kappa shape index (κ1) is 24.2. The predicted molar refractivity (Wildman–Crippen MR) is 127 cm³/mol. The van der Waals surface area contributed by atoms with Crippen molar-refractivity contribution in [3.63, 3.8) is 0 Å². The smallest absolute Gasteiger partial charge is 0.303 e. The lowest BCUT2D eigenvalue weighted by Gasteiger charge is -2.29. The molecule has 2 atom stereocenters. The second kappa shape index (κ2) is 10.6. The molecule has 1 N–H and O–H groups in total. The maximum Gasteiger partial charge on any atom is 0.303 e. The average molecular weight is 486 g/mol. The summed E-state index contributed by atoms with van der Waals surface area (Å²) in [5, 5.41) is 9.25. The highest BCUT2D eigenvalue weighted by molar-refractivity contribution is 6.30. The minimum Gasteiger partial charge on any atom is -0.481 e. The summed E-state index contributed by atoms with van der Waals surface area (Å²) in [7, 11) is 0. The van der Waals surface area contributed by atoms with Crippen LogP contribution in [0.25, 0.3) is 11.4 Å². The molecular weight excluding hydrogens is 460 g/mol. The van der Waals surface area contributed by atoms with E-state index in [2.05, 4.69) is 9.88 Å². The molecule has 0 spiro atoms. The Morgan fingerprint density at radius 1 is 1.24 bits per heavy atom. The molecule has 2 unspecified atom stereocenters. The van der Waals surface area contributed by atoms with Gasteiger partial charge in [0, 0.05) is 61.2 Å². The molecule has 0 saturated heterocycles. The lowest BCUT2D eigenvalue weighted by atomic mass is 10.0. The van der Waals surface area contributed by atoms with Gasteiger partial charge in [0.1, 0.15) is 12.0 Å². The number of fused-ring (bicyclic) bond motifs is 1. The first-order chi connectivity index (χ1) is 16.3. The van der Waals surface area contributed by atoms with Crippen LogP contribution < -0.4 is 0 Å². The molecule has 2 aromatic carbocycles. The van der Waals surface area contributed by atoms with Crippen molar-refractivity contribution >= 4 is 17.6 Å². The van der Waals surface area contributed by atoms with Gasteiger partial charge in [0.15, 0.2) is 5.82 Å². The van der Waals surface area contributed by atoms with Gasteiger partial charge in [0.05, 0.1) is 5.69 Å². The third-order valence-corrected chi connectivity index (χ3v) is 6.29. The molecule has 4 rings (SSSR count). The number of carboxylic acids is 1. The van der Waals surface area contributed by atoms with Gasteiger partial charge in [-0.25, -0.2) is 18.7 Å². The van der Waals surface area contributed by atoms with Crippen molar-refractivity contribution in [2.75, 3.05) is 13.1 Å². The van der Waals surface area contributed by atoms with E-state index in [4.69, 9.17) is 21.7 Å². The van der Waals surface area contributed by atoms with Crippen LogP contribution in [0.5, 0.6) is 0 Å². The standard InChI is InChI=1S/C26H26ClF2N3O2/c1-16(10-25(33)34)14-32-9-8-24-20(15-32)13-30-26(31-24)18-4-2-17(3-5-18)22(28)11-19-6-7-21(27)12-23(19)29/h2-7,12-13,16,22H,8-11,14-15H2,1H3,(H,33,34). The monoisotopic (exact) mass is 485 g/mol. The van der Waals surface area contributed by atoms with Crippen molar-refractivity contribution in [3.05, 3.63) is 81.9 Å². The number of aromatic nitrogens is 2. The van der Waals surface area contributed by atoms with Crippen molar-refractivity contribution in [2.45, 2.75) is 38.9 Å². The van der Waals surface area contributed by atoms with E-state index in [-0.39, 0.29) is 29.3 Å². The fourth-order valence-corrected chi connectivity index (χ4v) is 4.47. The number of nitrogens with zero attached hydrogens (tertiary/aromatic N) is 3. The van der Waals surface area contributed by atoms with E-state index in [0.29, 0.717) is 17.9 Å². The van der Waals surface area contributed by atoms with Crippen LogP contribution in [-0.2, 0) is 24.2 Å². The molecule has 0 fully saturated rings. The maximum atomic E-state index is 14.8. The van der Waals surface area contributed by atoms with Gasteiger partial charge in [-0.3, -0.25) is 9.69 Å². The molecule has 1 aliphatic heterocycles. The second-order valence-corrected chi connectivity index (χ2v) is 9.32. The highest BCUT2D eigenvalue weighted by atomic mass is 35.5. The third-order valence-electron chi connectivity index (χ3n) is 6.05. The number of aliphatic carboxylic acids is 1. The topological polar surface area (TPSA) is 66.3 Å². The number of halogens is 3. The summed E-state index contributed by atoms with van der Waals surface area (Å²) < 4.78 is 28.8. The van der Waals surface area contributed by atoms with Gasteiger partial charge in [-0.15, -0.1) is 0 Å². The van der Waals surface area contributed by atoms with Gasteiger partial charge in [0.2, 0.25) is 0 Å². The van der Waals surface area contributed by atoms with Crippen LogP contribution in [0.3, 0.4) is 0 Å². The summed E-state index contributed by atoms with van der Waals surface area (Å²) in [5.74, 6) is -0.630. The molecule has 3 aromatic rings. The Kier molecular flexibility index (Phi) is 7.54. The summed E-state index contributed by atoms with van der Waals surface area (Å²) >= 11 is 5.77. The zero-order chi connectivity index (χ0) is 24.2. The van der Waals surface area contributed by atoms with Crippen LogP contribution >= 0.6 is 11.6 Å². The van der Waals surface area contributed by atoms with Crippen LogP contribution in [0.2, 0.25) is 5.02 Å². The van der Waals surface area contributed by atoms with Crippen LogP contribution in [0.15, 0.2) is 48.7 Å². The zero-order valence-corrected chi connectivity index (χ0v) is 19.6. The van der Waals surface area contributed by atoms with Gasteiger partial charge < -0.3 is 5.11 Å². The normalized spacial score (nSPS) is 15.5. The van der Waals surface area contributed by atoms with E-state index in [0.717, 1.165) is 36.3 Å². The number of hydrogen-bond acceptors (Lipinski definition) is 4. The molecule has 0 radical (unpaired) electrons. The summed E-state index contributed by atoms with van der Waals surface area (Å²) in [5.41, 5.74) is 3.56. The van der Waals surface area contributed by atoms with Crippen LogP contribution in [0.1, 0.15) is 41.9 Å². The fraction of sp³-hybridized carbons (Fsp3) is 0.346. The highest BCUT2D eigenvalue weighted by Gasteiger charge is 2.21. The van der Waals surface area contributed by atoms with Crippen molar-refractivity contribution in [3.8, 4) is 11.4 Å². The lowest BCUT2D eigenvalue weighted by Crippen LogP contribution is -2.35. The number of carboxylic acid groups (broad SMARTS) is 1. The number of hydrogen-bond donors (Lipinski definition) is 1. The molecule has 34 heavy (non-hydrogen) atoms. The molecule has 2 heterocycles. The van der Waals surface area contributed by atoms with Gasteiger partial charge in [-0.1, -0.05) is 48.9 Å². The zero-order valence-electron chi connectivity index (χ0n) is 18.8. The molecule has 5 nitrogen and oxygen atoms in total. The van der Waals surface area contributed by atoms with Crippen molar-refractivity contribution < 1.29 is 18.7 Å². The summed E-state index contributed by atoms with van der Waals surface area (Å²) in [6.45, 7) is 4.18. The molecule has 0 bridgehead atoms. The minimum atomic E-state index is -1.34. The Morgan fingerprint density at radius 3 is 2.71 bits per heavy atom. The van der Waals surface area contributed by atoms with Crippen molar-refractivity contribution in [2.24, 2.45) is 5.92 Å². The van der Waals surface area contributed by atoms with E-state index < -0.39 is 18.0 Å². The van der Waals surface area contributed by atoms with E-state index >= 15 is 0 Å². The third kappa shape index (κ3) is 5.96. The number of rotatable bonds is 8. The van der Waals surface area contributed by atoms with Gasteiger partial charge >= 0.3 is 5.97 Å². The predicted octanol–water partition coefficient (Wildman–Crippen LogP) is 5.66. The molecule has 8 heteroatoms. The fourth-order valence-electron chi connectivity index (χ4n) is 4.31. The Bertz CT molecular complexity index is 1170. The minimum absolute atomic E-state index is 0.0702. The molecular formula is C26H26ClF2N3O2. The number of alkyl halides is 1. The molecule has 1 aromatic heterocycles. The van der Waals surface area contributed by atoms with Crippen LogP contribution in [0.4, 0.5) is 8.78 Å². The SMILES string of the molecule is CC(CC(=O)O)CN1CCc2nc(-c3ccc(C(F)Cc4ccc(Cl)cc4F)cc3)ncc2C1. The van der Waals surface area contributed by atoms with Crippen LogP contribution in [0, 0.1) is 11.7 Å². The first-order valence-electron chi connectivity index (χ1n) is 11.3. The first-order valence-corrected chi connectivity index (χ1v) is 11.6. The van der Waals surface area contributed by atoms with Gasteiger partial charge in [-0.05, 0) is 29.2 Å². The van der Waals surface area contributed by atoms with Crippen LogP contribution in [-0.4, -0.2) is 39.0 Å². The molecule has 178 valence electrons. The Hall–Kier alpha value is -2.90. The average Bonchev–Trinajstić information content (AvgIpc) is 2.80. The maximum absolute atomic E-state index is 14.8. The summed E-state index contributed by atoms with van der Waals surface area (Å²) in [6, 6.07) is 11.2. The molecule has 0 amide bonds. The Labute approximate surface area is 202 Å². The molecule has 0 aliphatic carbocycles. The van der Waals surface area contributed by atoms with E-state index in [1.807, 2.05) is 13.1 Å². The highest BCUT2D eigenvalue weighted by Crippen LogP contribution is 2.28. The second-order valence-electron chi connectivity index (χ2n) is 8.88. The summed E-state index contributed by atoms with van der Waals surface area (Å²) in [4.78, 5) is 22.4. The Balaban J connectivity index is 1.41. The Morgan fingerprint density at radius 2 is 2.00 bits per heavy atom. The molecule has 1 aliphatic rings. The number of carbonyl (C=O) groups is 1. The summed E-state index contributed by atoms with van der Waals surface area (Å²) in [6.07, 6.45) is 1.33. The quantitative estimate of drug-likeness (QED) is 0.446. The molecule has 0 saturated carbocycles. The van der Waals surface area contributed by atoms with Crippen molar-refractivity contribution in [1.29, 1.82) is 0 Å². The van der Waals surface area contributed by atoms with E-state index in [9.17, 15) is 13.6 Å². The van der Waals surface area contributed by atoms with Gasteiger partial charge in [-0.2, -0.15) is 0 Å².